The standard InChI is InChI=1S/C18H14Cl3N3O.C8H19N/c1-10-15(9-17(22)25)23-24(16-7-6-13(20)8-14(16)21)18(10)11-2-4-12(19)5-3-11;1-3-5-6-8-9-7-4-2/h2-8H,9H2,1H3,(H2,22,25);9H,3-8H2,1-2H3. The van der Waals surface area contributed by atoms with Crippen LogP contribution in [0.2, 0.25) is 15.1 Å². The van der Waals surface area contributed by atoms with E-state index in [1.165, 1.54) is 38.8 Å². The van der Waals surface area contributed by atoms with Crippen LogP contribution in [0, 0.1) is 6.92 Å². The summed E-state index contributed by atoms with van der Waals surface area (Å²) in [6.07, 6.45) is 5.35. The molecule has 0 radical (unpaired) electrons. The Labute approximate surface area is 217 Å². The maximum Gasteiger partial charge on any atom is 0.223 e. The Hall–Kier alpha value is -2.05. The van der Waals surface area contributed by atoms with Crippen molar-refractivity contribution in [1.82, 2.24) is 15.1 Å². The monoisotopic (exact) mass is 522 g/mol. The van der Waals surface area contributed by atoms with Gasteiger partial charge in [0, 0.05) is 15.6 Å². The molecule has 0 saturated carbocycles. The Bertz CT molecular complexity index is 1060. The summed E-state index contributed by atoms with van der Waals surface area (Å²) in [7, 11) is 0. The van der Waals surface area contributed by atoms with Gasteiger partial charge in [0.1, 0.15) is 0 Å². The fourth-order valence-electron chi connectivity index (χ4n) is 3.45. The first-order valence-electron chi connectivity index (χ1n) is 11.6. The van der Waals surface area contributed by atoms with E-state index >= 15 is 0 Å². The topological polar surface area (TPSA) is 72.9 Å². The minimum Gasteiger partial charge on any atom is -0.369 e. The number of nitrogens with two attached hydrogens (primary N) is 1. The molecule has 8 heteroatoms. The Kier molecular flexibility index (Phi) is 11.9. The van der Waals surface area contributed by atoms with Crippen molar-refractivity contribution in [1.29, 1.82) is 0 Å². The van der Waals surface area contributed by atoms with Gasteiger partial charge in [-0.2, -0.15) is 5.10 Å². The quantitative estimate of drug-likeness (QED) is 0.281. The molecule has 0 bridgehead atoms. The average molecular weight is 524 g/mol. The molecular weight excluding hydrogens is 491 g/mol. The van der Waals surface area contributed by atoms with Crippen LogP contribution in [0.3, 0.4) is 0 Å². The van der Waals surface area contributed by atoms with E-state index in [1.54, 1.807) is 35.0 Å². The van der Waals surface area contributed by atoms with E-state index in [1.807, 2.05) is 19.1 Å². The number of hydrogen-bond acceptors (Lipinski definition) is 3. The molecule has 0 aliphatic rings. The van der Waals surface area contributed by atoms with Crippen molar-refractivity contribution in [3.05, 3.63) is 68.8 Å². The molecule has 184 valence electrons. The number of aromatic nitrogens is 2. The predicted molar refractivity (Wildman–Crippen MR) is 144 cm³/mol. The fraction of sp³-hybridized carbons (Fsp3) is 0.385. The van der Waals surface area contributed by atoms with Crippen molar-refractivity contribution in [2.75, 3.05) is 13.1 Å². The smallest absolute Gasteiger partial charge is 0.223 e. The van der Waals surface area contributed by atoms with Gasteiger partial charge in [-0.3, -0.25) is 4.79 Å². The lowest BCUT2D eigenvalue weighted by Gasteiger charge is -2.11. The molecule has 0 unspecified atom stereocenters. The van der Waals surface area contributed by atoms with E-state index in [0.29, 0.717) is 26.4 Å². The van der Waals surface area contributed by atoms with Crippen LogP contribution in [0.15, 0.2) is 42.5 Å². The van der Waals surface area contributed by atoms with E-state index in [0.717, 1.165) is 16.8 Å². The summed E-state index contributed by atoms with van der Waals surface area (Å²) in [6, 6.07) is 12.5. The molecule has 5 nitrogen and oxygen atoms in total. The summed E-state index contributed by atoms with van der Waals surface area (Å²) < 4.78 is 1.70. The lowest BCUT2D eigenvalue weighted by Crippen LogP contribution is -2.15. The summed E-state index contributed by atoms with van der Waals surface area (Å²) in [4.78, 5) is 11.4. The number of halogens is 3. The molecule has 2 aromatic carbocycles. The van der Waals surface area contributed by atoms with Crippen LogP contribution in [0.5, 0.6) is 0 Å². The molecule has 3 aromatic rings. The Balaban J connectivity index is 0.000000387. The molecule has 1 aromatic heterocycles. The van der Waals surface area contributed by atoms with Crippen LogP contribution >= 0.6 is 34.8 Å². The predicted octanol–water partition coefficient (Wildman–Crippen LogP) is 7.01. The minimum absolute atomic E-state index is 0.0463. The number of benzene rings is 2. The van der Waals surface area contributed by atoms with Crippen LogP contribution < -0.4 is 11.1 Å². The second-order valence-electron chi connectivity index (χ2n) is 8.03. The summed E-state index contributed by atoms with van der Waals surface area (Å²) in [6.45, 7) is 8.73. The summed E-state index contributed by atoms with van der Waals surface area (Å²) >= 11 is 18.3. The van der Waals surface area contributed by atoms with Crippen molar-refractivity contribution >= 4 is 40.7 Å². The number of rotatable bonds is 10. The molecule has 3 rings (SSSR count). The van der Waals surface area contributed by atoms with Gasteiger partial charge in [0.2, 0.25) is 5.91 Å². The number of primary amides is 1. The highest BCUT2D eigenvalue weighted by Crippen LogP contribution is 2.33. The average Bonchev–Trinajstić information content (AvgIpc) is 3.10. The van der Waals surface area contributed by atoms with Gasteiger partial charge in [0.05, 0.1) is 28.5 Å². The van der Waals surface area contributed by atoms with Crippen molar-refractivity contribution in [3.63, 3.8) is 0 Å². The van der Waals surface area contributed by atoms with Crippen LogP contribution in [0.25, 0.3) is 16.9 Å². The lowest BCUT2D eigenvalue weighted by molar-refractivity contribution is -0.117. The zero-order chi connectivity index (χ0) is 25.1. The molecule has 1 heterocycles. The van der Waals surface area contributed by atoms with E-state index < -0.39 is 5.91 Å². The minimum atomic E-state index is -0.447. The number of amides is 1. The van der Waals surface area contributed by atoms with Crippen molar-refractivity contribution in [3.8, 4) is 16.9 Å². The molecule has 0 fully saturated rings. The molecule has 0 saturated heterocycles. The maximum absolute atomic E-state index is 11.4. The number of hydrogen-bond donors (Lipinski definition) is 2. The van der Waals surface area contributed by atoms with Gasteiger partial charge >= 0.3 is 0 Å². The number of carbonyl (C=O) groups is 1. The van der Waals surface area contributed by atoms with E-state index in [4.69, 9.17) is 40.5 Å². The zero-order valence-electron chi connectivity index (χ0n) is 20.0. The van der Waals surface area contributed by atoms with Crippen molar-refractivity contribution in [2.24, 2.45) is 5.73 Å². The highest BCUT2D eigenvalue weighted by Gasteiger charge is 2.20. The first-order valence-corrected chi connectivity index (χ1v) is 12.7. The molecule has 0 spiro atoms. The number of nitrogens with one attached hydrogen (secondary N) is 1. The van der Waals surface area contributed by atoms with Crippen LogP contribution in [0.1, 0.15) is 50.8 Å². The summed E-state index contributed by atoms with van der Waals surface area (Å²) in [5.74, 6) is -0.447. The number of unbranched alkanes of at least 4 members (excludes halogenated alkanes) is 2. The van der Waals surface area contributed by atoms with Gasteiger partial charge in [-0.05, 0) is 68.8 Å². The second-order valence-corrected chi connectivity index (χ2v) is 9.31. The molecule has 1 amide bonds. The van der Waals surface area contributed by atoms with E-state index in [2.05, 4.69) is 24.3 Å². The largest absolute Gasteiger partial charge is 0.369 e. The van der Waals surface area contributed by atoms with Gasteiger partial charge < -0.3 is 11.1 Å². The summed E-state index contributed by atoms with van der Waals surface area (Å²) in [5.41, 5.74) is 9.18. The highest BCUT2D eigenvalue weighted by atomic mass is 35.5. The summed E-state index contributed by atoms with van der Waals surface area (Å²) in [5, 5.41) is 9.55. The van der Waals surface area contributed by atoms with E-state index in [-0.39, 0.29) is 6.42 Å². The molecule has 0 atom stereocenters. The van der Waals surface area contributed by atoms with Gasteiger partial charge in [0.15, 0.2) is 0 Å². The van der Waals surface area contributed by atoms with E-state index in [9.17, 15) is 4.79 Å². The van der Waals surface area contributed by atoms with Gasteiger partial charge in [0.25, 0.3) is 0 Å². The molecule has 3 N–H and O–H groups in total. The van der Waals surface area contributed by atoms with Crippen LogP contribution in [-0.2, 0) is 11.2 Å². The highest BCUT2D eigenvalue weighted by molar-refractivity contribution is 6.35. The lowest BCUT2D eigenvalue weighted by atomic mass is 10.1. The third-order valence-electron chi connectivity index (χ3n) is 5.20. The third-order valence-corrected chi connectivity index (χ3v) is 5.99. The second kappa shape index (κ2) is 14.4. The van der Waals surface area contributed by atoms with Crippen LogP contribution in [-0.4, -0.2) is 28.8 Å². The van der Waals surface area contributed by atoms with Gasteiger partial charge in [-0.1, -0.05) is 73.6 Å². The Morgan fingerprint density at radius 1 is 0.971 bits per heavy atom. The third kappa shape index (κ3) is 8.31. The molecule has 0 aliphatic heterocycles. The Morgan fingerprint density at radius 3 is 2.24 bits per heavy atom. The van der Waals surface area contributed by atoms with Crippen LogP contribution in [0.4, 0.5) is 0 Å². The maximum atomic E-state index is 11.4. The zero-order valence-corrected chi connectivity index (χ0v) is 22.3. The number of carbonyl (C=O) groups excluding carboxylic acids is 1. The fourth-order valence-corrected chi connectivity index (χ4v) is 4.06. The van der Waals surface area contributed by atoms with Crippen molar-refractivity contribution < 1.29 is 4.79 Å². The normalized spacial score (nSPS) is 10.6. The van der Waals surface area contributed by atoms with Gasteiger partial charge in [-0.25, -0.2) is 4.68 Å². The molecule has 0 aliphatic carbocycles. The Morgan fingerprint density at radius 2 is 1.65 bits per heavy atom. The van der Waals surface area contributed by atoms with Gasteiger partial charge in [-0.15, -0.1) is 0 Å². The molecular formula is C26H33Cl3N4O. The molecule has 34 heavy (non-hydrogen) atoms. The SMILES string of the molecule is CCCCCNCCC.Cc1c(CC(N)=O)nn(-c2ccc(Cl)cc2Cl)c1-c1ccc(Cl)cc1. The first kappa shape index (κ1) is 28.2. The number of nitrogens with zero attached hydrogens (tertiary/aromatic N) is 2. The van der Waals surface area contributed by atoms with Crippen molar-refractivity contribution in [2.45, 2.75) is 52.9 Å². The first-order chi connectivity index (χ1) is 16.3.